The van der Waals surface area contributed by atoms with Gasteiger partial charge in [0.15, 0.2) is 0 Å². The predicted molar refractivity (Wildman–Crippen MR) is 139 cm³/mol. The normalized spacial score (nSPS) is 16.5. The number of nitrogens with one attached hydrogen (secondary N) is 2. The lowest BCUT2D eigenvalue weighted by Crippen LogP contribution is -2.55. The molecule has 2 aromatic rings. The van der Waals surface area contributed by atoms with E-state index in [0.717, 1.165) is 22.4 Å². The first-order chi connectivity index (χ1) is 17.2. The van der Waals surface area contributed by atoms with Crippen molar-refractivity contribution in [1.29, 1.82) is 0 Å². The standard InChI is InChI=1S/C27H37BN2O6/c1-17(2)12-25(28(33)34)30-27(32)23(13-18-8-6-5-7-9-18)29-26(31)20-11-10-19-14-21(35-3)16-24(36-4)22(19)15-20/h5-9,14,16-17,20,23,25,33-34H,10-13,15H2,1-4H3,(H,29,31)(H,30,32)/t20?,23-,25?/m0/s1. The van der Waals surface area contributed by atoms with E-state index in [0.29, 0.717) is 31.4 Å². The summed E-state index contributed by atoms with van der Waals surface area (Å²) in [4.78, 5) is 26.6. The summed E-state index contributed by atoms with van der Waals surface area (Å²) in [6, 6.07) is 12.4. The SMILES string of the molecule is COc1cc2c(c(OC)c1)CC(C(=O)N[C@@H](Cc1ccccc1)C(=O)NC(CC(C)C)B(O)O)CC2. The van der Waals surface area contributed by atoms with Gasteiger partial charge >= 0.3 is 7.12 Å². The first kappa shape index (κ1) is 27.6. The van der Waals surface area contributed by atoms with Gasteiger partial charge in [0, 0.05) is 18.4 Å². The van der Waals surface area contributed by atoms with Crippen LogP contribution >= 0.6 is 0 Å². The highest BCUT2D eigenvalue weighted by atomic mass is 16.5. The van der Waals surface area contributed by atoms with E-state index >= 15 is 0 Å². The number of carbonyl (C=O) groups excluding carboxylic acids is 2. The van der Waals surface area contributed by atoms with Crippen LogP contribution < -0.4 is 20.1 Å². The smallest absolute Gasteiger partial charge is 0.475 e. The molecule has 0 spiro atoms. The fourth-order valence-corrected chi connectivity index (χ4v) is 4.73. The molecule has 0 heterocycles. The number of amides is 2. The maximum absolute atomic E-state index is 13.4. The van der Waals surface area contributed by atoms with E-state index in [-0.39, 0.29) is 24.2 Å². The highest BCUT2D eigenvalue weighted by molar-refractivity contribution is 6.43. The summed E-state index contributed by atoms with van der Waals surface area (Å²) in [5.41, 5.74) is 2.97. The fourth-order valence-electron chi connectivity index (χ4n) is 4.73. The minimum atomic E-state index is -1.69. The Bertz CT molecular complexity index is 1010. The van der Waals surface area contributed by atoms with Crippen LogP contribution in [0.2, 0.25) is 0 Å². The van der Waals surface area contributed by atoms with Crippen molar-refractivity contribution in [2.24, 2.45) is 11.8 Å². The zero-order chi connectivity index (χ0) is 26.2. The summed E-state index contributed by atoms with van der Waals surface area (Å²) in [6.07, 6.45) is 2.53. The Kier molecular flexibility index (Phi) is 9.78. The second-order valence-corrected chi connectivity index (χ2v) is 9.82. The Hall–Kier alpha value is -3.04. The maximum atomic E-state index is 13.4. The molecule has 3 atom stereocenters. The molecule has 2 unspecified atom stereocenters. The monoisotopic (exact) mass is 496 g/mol. The topological polar surface area (TPSA) is 117 Å². The van der Waals surface area contributed by atoms with Gasteiger partial charge < -0.3 is 30.2 Å². The van der Waals surface area contributed by atoms with Crippen LogP contribution in [0.5, 0.6) is 11.5 Å². The Balaban J connectivity index is 1.77. The molecule has 0 radical (unpaired) electrons. The molecule has 8 nitrogen and oxygen atoms in total. The van der Waals surface area contributed by atoms with E-state index in [1.165, 1.54) is 0 Å². The summed E-state index contributed by atoms with van der Waals surface area (Å²) in [5, 5.41) is 25.2. The van der Waals surface area contributed by atoms with Crippen LogP contribution in [0.1, 0.15) is 43.4 Å². The number of carbonyl (C=O) groups is 2. The van der Waals surface area contributed by atoms with Crippen LogP contribution in [0.4, 0.5) is 0 Å². The van der Waals surface area contributed by atoms with Gasteiger partial charge in [0.2, 0.25) is 11.8 Å². The number of benzene rings is 2. The molecule has 4 N–H and O–H groups in total. The summed E-state index contributed by atoms with van der Waals surface area (Å²) >= 11 is 0. The van der Waals surface area contributed by atoms with Gasteiger partial charge in [-0.1, -0.05) is 44.2 Å². The molecule has 2 amide bonds. The van der Waals surface area contributed by atoms with Crippen molar-refractivity contribution in [2.75, 3.05) is 14.2 Å². The zero-order valence-electron chi connectivity index (χ0n) is 21.5. The number of aryl methyl sites for hydroxylation is 1. The first-order valence-corrected chi connectivity index (χ1v) is 12.5. The van der Waals surface area contributed by atoms with Gasteiger partial charge in [0.1, 0.15) is 17.5 Å². The highest BCUT2D eigenvalue weighted by Crippen LogP contribution is 2.36. The third kappa shape index (κ3) is 7.24. The van der Waals surface area contributed by atoms with Crippen molar-refractivity contribution in [3.05, 3.63) is 59.2 Å². The third-order valence-corrected chi connectivity index (χ3v) is 6.64. The molecule has 0 aliphatic heterocycles. The lowest BCUT2D eigenvalue weighted by atomic mass is 9.75. The summed E-state index contributed by atoms with van der Waals surface area (Å²) in [6.45, 7) is 3.88. The van der Waals surface area contributed by atoms with Crippen LogP contribution in [0.25, 0.3) is 0 Å². The molecular formula is C27H37BN2O6. The van der Waals surface area contributed by atoms with Gasteiger partial charge in [-0.05, 0) is 54.4 Å². The summed E-state index contributed by atoms with van der Waals surface area (Å²) in [7, 11) is 1.52. The minimum absolute atomic E-state index is 0.148. The van der Waals surface area contributed by atoms with Crippen molar-refractivity contribution in [3.8, 4) is 11.5 Å². The van der Waals surface area contributed by atoms with Crippen LogP contribution in [0.15, 0.2) is 42.5 Å². The van der Waals surface area contributed by atoms with Gasteiger partial charge in [-0.25, -0.2) is 0 Å². The number of fused-ring (bicyclic) bond motifs is 1. The average Bonchev–Trinajstić information content (AvgIpc) is 2.86. The van der Waals surface area contributed by atoms with Gasteiger partial charge in [0.05, 0.1) is 20.2 Å². The van der Waals surface area contributed by atoms with E-state index in [1.807, 2.05) is 56.3 Å². The van der Waals surface area contributed by atoms with Gasteiger partial charge in [-0.2, -0.15) is 0 Å². The van der Waals surface area contributed by atoms with Crippen LogP contribution in [-0.4, -0.2) is 55.2 Å². The van der Waals surface area contributed by atoms with Crippen molar-refractivity contribution >= 4 is 18.9 Å². The highest BCUT2D eigenvalue weighted by Gasteiger charge is 2.33. The molecular weight excluding hydrogens is 459 g/mol. The third-order valence-electron chi connectivity index (χ3n) is 6.64. The predicted octanol–water partition coefficient (Wildman–Crippen LogP) is 2.08. The summed E-state index contributed by atoms with van der Waals surface area (Å²) < 4.78 is 10.9. The molecule has 3 rings (SSSR count). The Morgan fingerprint density at radius 1 is 1.08 bits per heavy atom. The molecule has 0 saturated heterocycles. The van der Waals surface area contributed by atoms with E-state index in [9.17, 15) is 19.6 Å². The molecule has 0 saturated carbocycles. The van der Waals surface area contributed by atoms with Crippen LogP contribution in [-0.2, 0) is 28.9 Å². The van der Waals surface area contributed by atoms with E-state index in [4.69, 9.17) is 9.47 Å². The molecule has 1 aliphatic rings. The molecule has 1 aliphatic carbocycles. The average molecular weight is 496 g/mol. The van der Waals surface area contributed by atoms with Gasteiger partial charge in [0.25, 0.3) is 0 Å². The minimum Gasteiger partial charge on any atom is -0.497 e. The molecule has 36 heavy (non-hydrogen) atoms. The quantitative estimate of drug-likeness (QED) is 0.354. The Morgan fingerprint density at radius 2 is 1.81 bits per heavy atom. The second kappa shape index (κ2) is 12.8. The number of methoxy groups -OCH3 is 2. The van der Waals surface area contributed by atoms with Crippen LogP contribution in [0.3, 0.4) is 0 Å². The molecule has 0 bridgehead atoms. The Morgan fingerprint density at radius 3 is 2.42 bits per heavy atom. The van der Waals surface area contributed by atoms with Gasteiger partial charge in [-0.15, -0.1) is 0 Å². The Labute approximate surface area is 213 Å². The van der Waals surface area contributed by atoms with Crippen molar-refractivity contribution in [1.82, 2.24) is 10.6 Å². The number of rotatable bonds is 11. The van der Waals surface area contributed by atoms with E-state index < -0.39 is 25.0 Å². The van der Waals surface area contributed by atoms with E-state index in [1.54, 1.807) is 14.2 Å². The second-order valence-electron chi connectivity index (χ2n) is 9.82. The van der Waals surface area contributed by atoms with Gasteiger partial charge in [-0.3, -0.25) is 9.59 Å². The zero-order valence-corrected chi connectivity index (χ0v) is 21.5. The molecule has 0 fully saturated rings. The van der Waals surface area contributed by atoms with Crippen molar-refractivity contribution in [2.45, 2.75) is 57.9 Å². The van der Waals surface area contributed by atoms with Crippen LogP contribution in [0, 0.1) is 11.8 Å². The summed E-state index contributed by atoms with van der Waals surface area (Å²) in [5.74, 6) is -0.238. The van der Waals surface area contributed by atoms with E-state index in [2.05, 4.69) is 10.6 Å². The maximum Gasteiger partial charge on any atom is 0.475 e. The lowest BCUT2D eigenvalue weighted by molar-refractivity contribution is -0.131. The number of hydrogen-bond acceptors (Lipinski definition) is 6. The molecule has 2 aromatic carbocycles. The molecule has 9 heteroatoms. The first-order valence-electron chi connectivity index (χ1n) is 12.5. The fraction of sp³-hybridized carbons (Fsp3) is 0.481. The van der Waals surface area contributed by atoms with Crippen molar-refractivity contribution < 1.29 is 29.1 Å². The lowest BCUT2D eigenvalue weighted by Gasteiger charge is -2.28. The molecule has 194 valence electrons. The number of ether oxygens (including phenoxy) is 2. The van der Waals surface area contributed by atoms with Crippen molar-refractivity contribution in [3.63, 3.8) is 0 Å². The molecule has 0 aromatic heterocycles. The largest absolute Gasteiger partial charge is 0.497 e. The number of hydrogen-bond donors (Lipinski definition) is 4.